The van der Waals surface area contributed by atoms with Gasteiger partial charge in [-0.05, 0) is 43.4 Å². The molecule has 0 aliphatic heterocycles. The Morgan fingerprint density at radius 3 is 2.54 bits per heavy atom. The Labute approximate surface area is 159 Å². The van der Waals surface area contributed by atoms with Crippen molar-refractivity contribution >= 4 is 39.2 Å². The van der Waals surface area contributed by atoms with E-state index in [-0.39, 0.29) is 18.1 Å². The molecule has 26 heavy (non-hydrogen) atoms. The summed E-state index contributed by atoms with van der Waals surface area (Å²) in [6.45, 7) is -0.233. The molecule has 10 heteroatoms. The Morgan fingerprint density at radius 1 is 1.15 bits per heavy atom. The van der Waals surface area contributed by atoms with E-state index in [0.717, 1.165) is 18.2 Å². The lowest BCUT2D eigenvalue weighted by molar-refractivity contribution is 0.0445. The molecule has 0 aromatic heterocycles. The maximum atomic E-state index is 13.8. The van der Waals surface area contributed by atoms with Crippen LogP contribution in [0.2, 0.25) is 10.0 Å². The maximum absolute atomic E-state index is 13.8. The highest BCUT2D eigenvalue weighted by atomic mass is 35.5. The minimum absolute atomic E-state index is 0.0385. The van der Waals surface area contributed by atoms with Crippen molar-refractivity contribution in [1.29, 1.82) is 0 Å². The third-order valence-corrected chi connectivity index (χ3v) is 5.15. The topological polar surface area (TPSA) is 81.7 Å². The van der Waals surface area contributed by atoms with E-state index < -0.39 is 27.4 Å². The van der Waals surface area contributed by atoms with Crippen molar-refractivity contribution in [1.82, 2.24) is 4.72 Å². The second-order valence-electron chi connectivity index (χ2n) is 4.91. The van der Waals surface area contributed by atoms with Crippen LogP contribution in [0.5, 0.6) is 5.75 Å². The Kier molecular flexibility index (Phi) is 6.82. The summed E-state index contributed by atoms with van der Waals surface area (Å²) < 4.78 is 49.6. The number of nitrogens with one attached hydrogen (secondary N) is 1. The van der Waals surface area contributed by atoms with Gasteiger partial charge in [-0.15, -0.1) is 0 Å². The van der Waals surface area contributed by atoms with Gasteiger partial charge < -0.3 is 9.47 Å². The summed E-state index contributed by atoms with van der Waals surface area (Å²) in [6, 6.07) is 7.46. The molecule has 0 saturated heterocycles. The molecule has 6 nitrogen and oxygen atoms in total. The van der Waals surface area contributed by atoms with Gasteiger partial charge >= 0.3 is 5.97 Å². The van der Waals surface area contributed by atoms with Crippen LogP contribution in [0.4, 0.5) is 4.39 Å². The minimum Gasteiger partial charge on any atom is -0.488 e. The SMILES string of the molecule is CNS(=O)(=O)c1ccc(F)c(C(=O)OCCOc2ccc(Cl)cc2Cl)c1. The first-order chi connectivity index (χ1) is 12.2. The van der Waals surface area contributed by atoms with Crippen LogP contribution in [0.15, 0.2) is 41.3 Å². The fraction of sp³-hybridized carbons (Fsp3) is 0.188. The molecule has 0 amide bonds. The van der Waals surface area contributed by atoms with Gasteiger partial charge in [0.1, 0.15) is 24.8 Å². The first-order valence-corrected chi connectivity index (χ1v) is 9.46. The van der Waals surface area contributed by atoms with Crippen LogP contribution in [0, 0.1) is 5.82 Å². The number of ether oxygens (including phenoxy) is 2. The van der Waals surface area contributed by atoms with E-state index in [1.165, 1.54) is 13.1 Å². The van der Waals surface area contributed by atoms with Gasteiger partial charge in [0.15, 0.2) is 0 Å². The molecule has 0 heterocycles. The summed E-state index contributed by atoms with van der Waals surface area (Å²) in [4.78, 5) is 11.7. The highest BCUT2D eigenvalue weighted by Gasteiger charge is 2.19. The van der Waals surface area contributed by atoms with E-state index in [2.05, 4.69) is 4.72 Å². The number of carbonyl (C=O) groups is 1. The van der Waals surface area contributed by atoms with Crippen LogP contribution in [0.1, 0.15) is 10.4 Å². The van der Waals surface area contributed by atoms with Gasteiger partial charge in [-0.25, -0.2) is 22.3 Å². The highest BCUT2D eigenvalue weighted by molar-refractivity contribution is 7.89. The molecule has 2 aromatic rings. The van der Waals surface area contributed by atoms with Crippen molar-refractivity contribution < 1.29 is 27.1 Å². The molecular weight excluding hydrogens is 408 g/mol. The third kappa shape index (κ3) is 5.07. The smallest absolute Gasteiger partial charge is 0.341 e. The van der Waals surface area contributed by atoms with Crippen LogP contribution >= 0.6 is 23.2 Å². The third-order valence-electron chi connectivity index (χ3n) is 3.20. The predicted octanol–water partition coefficient (Wildman–Crippen LogP) is 3.28. The molecule has 0 aliphatic carbocycles. The van der Waals surface area contributed by atoms with E-state index in [9.17, 15) is 17.6 Å². The van der Waals surface area contributed by atoms with Gasteiger partial charge in [-0.2, -0.15) is 0 Å². The van der Waals surface area contributed by atoms with Crippen LogP contribution in [0.3, 0.4) is 0 Å². The van der Waals surface area contributed by atoms with Crippen LogP contribution in [-0.4, -0.2) is 34.6 Å². The Bertz CT molecular complexity index is 921. The fourth-order valence-corrected chi connectivity index (χ4v) is 3.12. The number of hydrogen-bond acceptors (Lipinski definition) is 5. The zero-order valence-corrected chi connectivity index (χ0v) is 15.8. The molecule has 0 spiro atoms. The van der Waals surface area contributed by atoms with E-state index in [4.69, 9.17) is 32.7 Å². The fourth-order valence-electron chi connectivity index (χ4n) is 1.90. The second-order valence-corrected chi connectivity index (χ2v) is 7.64. The zero-order chi connectivity index (χ0) is 19.3. The van der Waals surface area contributed by atoms with Crippen LogP contribution in [-0.2, 0) is 14.8 Å². The quantitative estimate of drug-likeness (QED) is 0.547. The van der Waals surface area contributed by atoms with Crippen molar-refractivity contribution in [3.05, 3.63) is 57.8 Å². The summed E-state index contributed by atoms with van der Waals surface area (Å²) in [5.41, 5.74) is -0.495. The molecule has 0 fully saturated rings. The van der Waals surface area contributed by atoms with Crippen molar-refractivity contribution in [2.45, 2.75) is 4.90 Å². The molecule has 0 atom stereocenters. The maximum Gasteiger partial charge on any atom is 0.341 e. The van der Waals surface area contributed by atoms with Crippen molar-refractivity contribution in [3.8, 4) is 5.75 Å². The molecule has 0 unspecified atom stereocenters. The van der Waals surface area contributed by atoms with Gasteiger partial charge in [-0.1, -0.05) is 23.2 Å². The number of esters is 1. The van der Waals surface area contributed by atoms with Gasteiger partial charge in [-0.3, -0.25) is 0 Å². The Hall–Kier alpha value is -1.87. The molecular formula is C16H14Cl2FNO5S. The average molecular weight is 422 g/mol. The first kappa shape index (κ1) is 20.4. The molecule has 2 aromatic carbocycles. The molecule has 2 rings (SSSR count). The summed E-state index contributed by atoms with van der Waals surface area (Å²) >= 11 is 11.7. The normalized spacial score (nSPS) is 11.2. The molecule has 0 bridgehead atoms. The van der Waals surface area contributed by atoms with Crippen LogP contribution in [0.25, 0.3) is 0 Å². The van der Waals surface area contributed by atoms with Crippen molar-refractivity contribution in [2.75, 3.05) is 20.3 Å². The number of carbonyl (C=O) groups excluding carboxylic acids is 1. The first-order valence-electron chi connectivity index (χ1n) is 7.22. The number of benzene rings is 2. The van der Waals surface area contributed by atoms with Gasteiger partial charge in [0.25, 0.3) is 0 Å². The molecule has 1 N–H and O–H groups in total. The lowest BCUT2D eigenvalue weighted by atomic mass is 10.2. The number of halogens is 3. The average Bonchev–Trinajstić information content (AvgIpc) is 2.60. The largest absolute Gasteiger partial charge is 0.488 e. The monoisotopic (exact) mass is 421 g/mol. The van der Waals surface area contributed by atoms with E-state index in [0.29, 0.717) is 15.8 Å². The molecule has 0 radical (unpaired) electrons. The lowest BCUT2D eigenvalue weighted by Gasteiger charge is -2.10. The van der Waals surface area contributed by atoms with Gasteiger partial charge in [0.05, 0.1) is 15.5 Å². The number of hydrogen-bond donors (Lipinski definition) is 1. The number of sulfonamides is 1. The van der Waals surface area contributed by atoms with Crippen molar-refractivity contribution in [3.63, 3.8) is 0 Å². The zero-order valence-electron chi connectivity index (χ0n) is 13.5. The predicted molar refractivity (Wildman–Crippen MR) is 94.9 cm³/mol. The van der Waals surface area contributed by atoms with Crippen molar-refractivity contribution in [2.24, 2.45) is 0 Å². The summed E-state index contributed by atoms with van der Waals surface area (Å²) in [7, 11) is -2.61. The van der Waals surface area contributed by atoms with E-state index >= 15 is 0 Å². The second kappa shape index (κ2) is 8.68. The highest BCUT2D eigenvalue weighted by Crippen LogP contribution is 2.27. The summed E-state index contributed by atoms with van der Waals surface area (Å²) in [6.07, 6.45) is 0. The van der Waals surface area contributed by atoms with Gasteiger partial charge in [0.2, 0.25) is 10.0 Å². The minimum atomic E-state index is -3.82. The summed E-state index contributed by atoms with van der Waals surface area (Å²) in [5.74, 6) is -1.56. The van der Waals surface area contributed by atoms with E-state index in [1.54, 1.807) is 12.1 Å². The number of rotatable bonds is 7. The lowest BCUT2D eigenvalue weighted by Crippen LogP contribution is -2.20. The standard InChI is InChI=1S/C16H14Cl2FNO5S/c1-20-26(22,23)11-3-4-14(19)12(9-11)16(21)25-7-6-24-15-5-2-10(17)8-13(15)18/h2-5,8-9,20H,6-7H2,1H3. The van der Waals surface area contributed by atoms with Gasteiger partial charge in [0, 0.05) is 5.02 Å². The van der Waals surface area contributed by atoms with E-state index in [1.807, 2.05) is 0 Å². The molecule has 0 saturated carbocycles. The van der Waals surface area contributed by atoms with Crippen LogP contribution < -0.4 is 9.46 Å². The molecule has 0 aliphatic rings. The summed E-state index contributed by atoms with van der Waals surface area (Å²) in [5, 5.41) is 0.737. The Morgan fingerprint density at radius 2 is 1.88 bits per heavy atom. The Balaban J connectivity index is 1.98. The molecule has 140 valence electrons.